The van der Waals surface area contributed by atoms with Crippen LogP contribution in [-0.4, -0.2) is 11.0 Å². The Morgan fingerprint density at radius 1 is 1.11 bits per heavy atom. The highest BCUT2D eigenvalue weighted by molar-refractivity contribution is 6.06. The molecule has 0 bridgehead atoms. The lowest BCUT2D eigenvalue weighted by molar-refractivity contribution is -0.00000364. The first-order valence-corrected chi connectivity index (χ1v) is 5.99. The van der Waals surface area contributed by atoms with E-state index in [9.17, 15) is 0 Å². The largest absolute Gasteiger partial charge is 1.00 e. The zero-order valence-corrected chi connectivity index (χ0v) is 11.0. The second-order valence-corrected chi connectivity index (χ2v) is 4.70. The molecule has 94 valence electrons. The molecule has 1 atom stereocenters. The molecule has 3 N–H and O–H groups in total. The van der Waals surface area contributed by atoms with Crippen molar-refractivity contribution in [3.8, 4) is 0 Å². The van der Waals surface area contributed by atoms with Gasteiger partial charge in [-0.1, -0.05) is 36.4 Å². The van der Waals surface area contributed by atoms with Crippen LogP contribution in [0.4, 0.5) is 0 Å². The topological polar surface area (TPSA) is 41.8 Å². The van der Waals surface area contributed by atoms with Crippen molar-refractivity contribution >= 4 is 21.7 Å². The van der Waals surface area contributed by atoms with Gasteiger partial charge in [0.15, 0.2) is 0 Å². The Morgan fingerprint density at radius 3 is 2.67 bits per heavy atom. The van der Waals surface area contributed by atoms with Crippen LogP contribution in [0.3, 0.4) is 0 Å². The molecule has 3 rings (SSSR count). The fraction of sp³-hybridized carbons (Fsp3) is 0.200. The molecular formula is C15H16ClN2-. The number of aromatic amines is 1. The average molecular weight is 260 g/mol. The lowest BCUT2D eigenvalue weighted by atomic mass is 10.0. The van der Waals surface area contributed by atoms with E-state index in [4.69, 9.17) is 5.73 Å². The normalized spacial score (nSPS) is 12.6. The monoisotopic (exact) mass is 259 g/mol. The van der Waals surface area contributed by atoms with E-state index in [1.54, 1.807) is 0 Å². The van der Waals surface area contributed by atoms with Crippen molar-refractivity contribution < 1.29 is 12.4 Å². The molecule has 3 aromatic rings. The Hall–Kier alpha value is -1.51. The fourth-order valence-electron chi connectivity index (χ4n) is 2.45. The molecule has 18 heavy (non-hydrogen) atoms. The number of benzene rings is 2. The van der Waals surface area contributed by atoms with Gasteiger partial charge in [-0.25, -0.2) is 0 Å². The summed E-state index contributed by atoms with van der Waals surface area (Å²) >= 11 is 0. The number of hydrogen-bond donors (Lipinski definition) is 2. The molecule has 1 heterocycles. The summed E-state index contributed by atoms with van der Waals surface area (Å²) in [7, 11) is 0. The molecule has 1 aromatic heterocycles. The lowest BCUT2D eigenvalue weighted by Crippen LogP contribution is -3.00. The summed E-state index contributed by atoms with van der Waals surface area (Å²) in [6.07, 6.45) is 3.00. The first kappa shape index (κ1) is 12.9. The van der Waals surface area contributed by atoms with Crippen molar-refractivity contribution in [3.05, 3.63) is 48.2 Å². The van der Waals surface area contributed by atoms with E-state index in [0.29, 0.717) is 0 Å². The zero-order chi connectivity index (χ0) is 11.8. The Labute approximate surface area is 113 Å². The summed E-state index contributed by atoms with van der Waals surface area (Å²) in [5.41, 5.74) is 8.40. The molecule has 2 aromatic carbocycles. The van der Waals surface area contributed by atoms with Crippen LogP contribution in [-0.2, 0) is 6.42 Å². The number of hydrogen-bond acceptors (Lipinski definition) is 1. The minimum Gasteiger partial charge on any atom is -1.00 e. The molecule has 0 fully saturated rings. The predicted octanol–water partition coefficient (Wildman–Crippen LogP) is 0.215. The summed E-state index contributed by atoms with van der Waals surface area (Å²) in [5, 5.41) is 3.84. The third-order valence-electron chi connectivity index (χ3n) is 3.21. The van der Waals surface area contributed by atoms with Gasteiger partial charge in [-0.05, 0) is 24.3 Å². The second kappa shape index (κ2) is 5.01. The van der Waals surface area contributed by atoms with Gasteiger partial charge in [-0.2, -0.15) is 0 Å². The van der Waals surface area contributed by atoms with E-state index >= 15 is 0 Å². The molecular weight excluding hydrogens is 244 g/mol. The van der Waals surface area contributed by atoms with Crippen LogP contribution in [0.25, 0.3) is 21.7 Å². The molecule has 2 nitrogen and oxygen atoms in total. The first-order valence-electron chi connectivity index (χ1n) is 5.99. The summed E-state index contributed by atoms with van der Waals surface area (Å²) in [6.45, 7) is 2.04. The van der Waals surface area contributed by atoms with E-state index in [0.717, 1.165) is 6.42 Å². The number of fused-ring (bicyclic) bond motifs is 3. The SMILES string of the molecule is CC(N)Cc1c[nH]c2c1ccc1ccccc12.[Cl-]. The minimum absolute atomic E-state index is 0. The Balaban J connectivity index is 0.00000120. The van der Waals surface area contributed by atoms with Crippen molar-refractivity contribution in [2.45, 2.75) is 19.4 Å². The maximum absolute atomic E-state index is 5.87. The van der Waals surface area contributed by atoms with Gasteiger partial charge in [0.25, 0.3) is 0 Å². The molecule has 0 saturated heterocycles. The molecule has 0 aliphatic carbocycles. The van der Waals surface area contributed by atoms with Crippen LogP contribution in [0.1, 0.15) is 12.5 Å². The van der Waals surface area contributed by atoms with Crippen LogP contribution < -0.4 is 18.1 Å². The summed E-state index contributed by atoms with van der Waals surface area (Å²) in [4.78, 5) is 3.38. The van der Waals surface area contributed by atoms with Crippen molar-refractivity contribution in [2.24, 2.45) is 5.73 Å². The lowest BCUT2D eigenvalue weighted by Gasteiger charge is -2.04. The zero-order valence-electron chi connectivity index (χ0n) is 10.3. The van der Waals surface area contributed by atoms with Gasteiger partial charge in [-0.15, -0.1) is 0 Å². The molecule has 0 spiro atoms. The number of halogens is 1. The quantitative estimate of drug-likeness (QED) is 0.679. The third-order valence-corrected chi connectivity index (χ3v) is 3.21. The third kappa shape index (κ3) is 2.09. The van der Waals surface area contributed by atoms with Gasteiger partial charge in [0.2, 0.25) is 0 Å². The van der Waals surface area contributed by atoms with E-state index in [-0.39, 0.29) is 18.4 Å². The standard InChI is InChI=1S/C15H16N2.ClH/c1-10(16)8-12-9-17-15-13-5-3-2-4-11(13)6-7-14(12)15;/h2-7,9-10,17H,8,16H2,1H3;1H/p-1. The van der Waals surface area contributed by atoms with Crippen LogP contribution >= 0.6 is 0 Å². The molecule has 0 saturated carbocycles. The van der Waals surface area contributed by atoms with Gasteiger partial charge in [0.05, 0.1) is 5.52 Å². The number of nitrogens with two attached hydrogens (primary N) is 1. The number of aromatic nitrogens is 1. The highest BCUT2D eigenvalue weighted by Gasteiger charge is 2.07. The van der Waals surface area contributed by atoms with Gasteiger partial charge in [-0.3, -0.25) is 0 Å². The van der Waals surface area contributed by atoms with Gasteiger partial charge >= 0.3 is 0 Å². The van der Waals surface area contributed by atoms with Crippen molar-refractivity contribution in [1.82, 2.24) is 4.98 Å². The summed E-state index contributed by atoms with van der Waals surface area (Å²) < 4.78 is 0. The highest BCUT2D eigenvalue weighted by atomic mass is 35.5. The minimum atomic E-state index is 0. The predicted molar refractivity (Wildman–Crippen MR) is 73.2 cm³/mol. The van der Waals surface area contributed by atoms with Gasteiger partial charge in [0.1, 0.15) is 0 Å². The van der Waals surface area contributed by atoms with Crippen molar-refractivity contribution in [3.63, 3.8) is 0 Å². The van der Waals surface area contributed by atoms with E-state index in [1.807, 2.05) is 6.92 Å². The molecule has 1 unspecified atom stereocenters. The molecule has 3 heteroatoms. The molecule has 0 radical (unpaired) electrons. The van der Waals surface area contributed by atoms with Crippen molar-refractivity contribution in [1.29, 1.82) is 0 Å². The second-order valence-electron chi connectivity index (χ2n) is 4.70. The summed E-state index contributed by atoms with van der Waals surface area (Å²) in [5.74, 6) is 0. The number of nitrogens with one attached hydrogen (secondary N) is 1. The fourth-order valence-corrected chi connectivity index (χ4v) is 2.45. The van der Waals surface area contributed by atoms with E-state index in [1.165, 1.54) is 27.2 Å². The smallest absolute Gasteiger partial charge is 0.0536 e. The summed E-state index contributed by atoms with van der Waals surface area (Å²) in [6, 6.07) is 13.0. The van der Waals surface area contributed by atoms with Gasteiger partial charge in [0, 0.05) is 23.0 Å². The number of H-pyrrole nitrogens is 1. The van der Waals surface area contributed by atoms with Crippen molar-refractivity contribution in [2.75, 3.05) is 0 Å². The Morgan fingerprint density at radius 2 is 1.89 bits per heavy atom. The Kier molecular flexibility index (Phi) is 3.60. The van der Waals surface area contributed by atoms with Gasteiger partial charge < -0.3 is 23.1 Å². The molecule has 0 aliphatic heterocycles. The first-order chi connectivity index (χ1) is 8.25. The van der Waals surface area contributed by atoms with Crippen LogP contribution in [0.5, 0.6) is 0 Å². The van der Waals surface area contributed by atoms with E-state index < -0.39 is 0 Å². The Bertz CT molecular complexity index is 670. The molecule has 0 amide bonds. The average Bonchev–Trinajstić information content (AvgIpc) is 2.72. The number of rotatable bonds is 2. The van der Waals surface area contributed by atoms with Crippen LogP contribution in [0.2, 0.25) is 0 Å². The van der Waals surface area contributed by atoms with E-state index in [2.05, 4.69) is 47.6 Å². The van der Waals surface area contributed by atoms with Crippen LogP contribution in [0.15, 0.2) is 42.6 Å². The molecule has 0 aliphatic rings. The van der Waals surface area contributed by atoms with Crippen LogP contribution in [0, 0.1) is 0 Å². The maximum atomic E-state index is 5.87. The highest BCUT2D eigenvalue weighted by Crippen LogP contribution is 2.27. The maximum Gasteiger partial charge on any atom is 0.0536 e.